The molecule has 10 heavy (non-hydrogen) atoms. The molecule has 0 aromatic heterocycles. The highest BCUT2D eigenvalue weighted by Gasteiger charge is 1.90. The van der Waals surface area contributed by atoms with Crippen LogP contribution in [0.3, 0.4) is 0 Å². The summed E-state index contributed by atoms with van der Waals surface area (Å²) in [7, 11) is 0. The number of hydrogen-bond acceptors (Lipinski definition) is 1. The summed E-state index contributed by atoms with van der Waals surface area (Å²) in [4.78, 5) is 9.94. The summed E-state index contributed by atoms with van der Waals surface area (Å²) in [5.41, 5.74) is 1.11. The maximum Gasteiger partial charge on any atom is 0.123 e. The van der Waals surface area contributed by atoms with Crippen molar-refractivity contribution in [1.29, 1.82) is 0 Å². The smallest absolute Gasteiger partial charge is 0.123 e. The molecule has 0 aliphatic rings. The molecular formula is C8H11BrO. The minimum atomic E-state index is 0.495. The second-order valence-corrected chi connectivity index (χ2v) is 2.78. The molecular weight excluding hydrogens is 192 g/mol. The van der Waals surface area contributed by atoms with Crippen LogP contribution in [0.25, 0.3) is 0 Å². The lowest BCUT2D eigenvalue weighted by Gasteiger charge is -1.94. The molecule has 2 heteroatoms. The van der Waals surface area contributed by atoms with Crippen molar-refractivity contribution < 1.29 is 4.79 Å². The van der Waals surface area contributed by atoms with E-state index < -0.39 is 0 Å². The molecule has 0 aromatic rings. The van der Waals surface area contributed by atoms with Crippen molar-refractivity contribution in [3.63, 3.8) is 0 Å². The maximum absolute atomic E-state index is 9.94. The first-order valence-corrected chi connectivity index (χ1v) is 3.94. The Kier molecular flexibility index (Phi) is 5.22. The van der Waals surface area contributed by atoms with E-state index in [-0.39, 0.29) is 0 Å². The van der Waals surface area contributed by atoms with Gasteiger partial charge in [0, 0.05) is 10.9 Å². The predicted molar refractivity (Wildman–Crippen MR) is 47.1 cm³/mol. The average molecular weight is 203 g/mol. The SMILES string of the molecule is C/C=C(Br)\C(C)=C/CC=O. The normalized spacial score (nSPS) is 13.5. The second-order valence-electron chi connectivity index (χ2n) is 1.93. The Morgan fingerprint density at radius 1 is 1.60 bits per heavy atom. The molecule has 0 unspecified atom stereocenters. The van der Waals surface area contributed by atoms with Gasteiger partial charge >= 0.3 is 0 Å². The summed E-state index contributed by atoms with van der Waals surface area (Å²) in [6.45, 7) is 3.91. The number of halogens is 1. The van der Waals surface area contributed by atoms with Crippen LogP contribution in [0.4, 0.5) is 0 Å². The number of carbonyl (C=O) groups is 1. The first-order chi connectivity index (χ1) is 4.72. The Labute approximate surface area is 69.9 Å². The van der Waals surface area contributed by atoms with Crippen LogP contribution in [0.2, 0.25) is 0 Å². The highest BCUT2D eigenvalue weighted by Crippen LogP contribution is 2.15. The number of hydrogen-bond donors (Lipinski definition) is 0. The van der Waals surface area contributed by atoms with Crippen molar-refractivity contribution in [3.8, 4) is 0 Å². The topological polar surface area (TPSA) is 17.1 Å². The molecule has 0 aliphatic heterocycles. The van der Waals surface area contributed by atoms with Gasteiger partial charge in [-0.2, -0.15) is 0 Å². The van der Waals surface area contributed by atoms with Gasteiger partial charge in [0.25, 0.3) is 0 Å². The zero-order valence-corrected chi connectivity index (χ0v) is 7.81. The van der Waals surface area contributed by atoms with Gasteiger partial charge in [-0.15, -0.1) is 0 Å². The molecule has 0 bridgehead atoms. The van der Waals surface area contributed by atoms with Crippen molar-refractivity contribution in [3.05, 3.63) is 22.2 Å². The van der Waals surface area contributed by atoms with E-state index in [1.807, 2.05) is 26.0 Å². The quantitative estimate of drug-likeness (QED) is 0.509. The average Bonchev–Trinajstić information content (AvgIpc) is 1.98. The highest BCUT2D eigenvalue weighted by atomic mass is 79.9. The van der Waals surface area contributed by atoms with Crippen molar-refractivity contribution in [2.75, 3.05) is 0 Å². The van der Waals surface area contributed by atoms with Gasteiger partial charge in [0.05, 0.1) is 0 Å². The van der Waals surface area contributed by atoms with Crippen molar-refractivity contribution >= 4 is 22.2 Å². The molecule has 56 valence electrons. The molecule has 0 rings (SSSR count). The van der Waals surface area contributed by atoms with Crippen molar-refractivity contribution in [1.82, 2.24) is 0 Å². The van der Waals surface area contributed by atoms with Crippen LogP contribution in [0.15, 0.2) is 22.2 Å². The van der Waals surface area contributed by atoms with Crippen LogP contribution < -0.4 is 0 Å². The third-order valence-corrected chi connectivity index (χ3v) is 2.23. The van der Waals surface area contributed by atoms with Crippen LogP contribution in [0, 0.1) is 0 Å². The minimum absolute atomic E-state index is 0.495. The summed E-state index contributed by atoms with van der Waals surface area (Å²) < 4.78 is 1.05. The van der Waals surface area contributed by atoms with Gasteiger partial charge in [0.1, 0.15) is 6.29 Å². The molecule has 0 fully saturated rings. The van der Waals surface area contributed by atoms with Crippen LogP contribution in [0.5, 0.6) is 0 Å². The van der Waals surface area contributed by atoms with E-state index in [0.29, 0.717) is 6.42 Å². The minimum Gasteiger partial charge on any atom is -0.303 e. The van der Waals surface area contributed by atoms with Crippen molar-refractivity contribution in [2.24, 2.45) is 0 Å². The first-order valence-electron chi connectivity index (χ1n) is 3.15. The molecule has 0 aliphatic carbocycles. The molecule has 0 saturated heterocycles. The molecule has 0 atom stereocenters. The molecule has 1 nitrogen and oxygen atoms in total. The van der Waals surface area contributed by atoms with E-state index in [1.54, 1.807) is 0 Å². The van der Waals surface area contributed by atoms with Crippen LogP contribution >= 0.6 is 15.9 Å². The van der Waals surface area contributed by atoms with E-state index in [2.05, 4.69) is 15.9 Å². The van der Waals surface area contributed by atoms with Gasteiger partial charge in [0.2, 0.25) is 0 Å². The molecule has 0 radical (unpaired) electrons. The molecule has 0 N–H and O–H groups in total. The van der Waals surface area contributed by atoms with Gasteiger partial charge in [-0.25, -0.2) is 0 Å². The Hall–Kier alpha value is -0.370. The van der Waals surface area contributed by atoms with E-state index >= 15 is 0 Å². The third kappa shape index (κ3) is 3.62. The third-order valence-electron chi connectivity index (χ3n) is 1.15. The Balaban J connectivity index is 4.05. The lowest BCUT2D eigenvalue weighted by atomic mass is 10.2. The van der Waals surface area contributed by atoms with E-state index in [0.717, 1.165) is 16.3 Å². The van der Waals surface area contributed by atoms with Gasteiger partial charge in [-0.3, -0.25) is 0 Å². The number of rotatable bonds is 3. The van der Waals surface area contributed by atoms with Gasteiger partial charge < -0.3 is 4.79 Å². The molecule has 0 amide bonds. The fourth-order valence-electron chi connectivity index (χ4n) is 0.550. The van der Waals surface area contributed by atoms with Crippen LogP contribution in [-0.2, 0) is 4.79 Å². The summed E-state index contributed by atoms with van der Waals surface area (Å²) in [5, 5.41) is 0. The summed E-state index contributed by atoms with van der Waals surface area (Å²) in [5.74, 6) is 0. The van der Waals surface area contributed by atoms with Crippen LogP contribution in [-0.4, -0.2) is 6.29 Å². The lowest BCUT2D eigenvalue weighted by molar-refractivity contribution is -0.107. The predicted octanol–water partition coefficient (Wildman–Crippen LogP) is 2.82. The monoisotopic (exact) mass is 202 g/mol. The molecule has 0 heterocycles. The van der Waals surface area contributed by atoms with Crippen LogP contribution in [0.1, 0.15) is 20.3 Å². The van der Waals surface area contributed by atoms with Gasteiger partial charge in [-0.05, 0) is 19.4 Å². The van der Waals surface area contributed by atoms with Crippen molar-refractivity contribution in [2.45, 2.75) is 20.3 Å². The Morgan fingerprint density at radius 2 is 2.20 bits per heavy atom. The number of aldehydes is 1. The Morgan fingerprint density at radius 3 is 2.60 bits per heavy atom. The maximum atomic E-state index is 9.94. The fraction of sp³-hybridized carbons (Fsp3) is 0.375. The molecule has 0 aromatic carbocycles. The standard InChI is InChI=1S/C8H11BrO/c1-3-8(9)7(2)5-4-6-10/h3,5-6H,4H2,1-2H3/b7-5-,8-3+. The second kappa shape index (κ2) is 5.42. The highest BCUT2D eigenvalue weighted by molar-refractivity contribution is 9.11. The zero-order chi connectivity index (χ0) is 7.98. The zero-order valence-electron chi connectivity index (χ0n) is 6.23. The summed E-state index contributed by atoms with van der Waals surface area (Å²) in [6.07, 6.45) is 5.22. The van der Waals surface area contributed by atoms with Gasteiger partial charge in [0.15, 0.2) is 0 Å². The van der Waals surface area contributed by atoms with E-state index in [1.165, 1.54) is 0 Å². The van der Waals surface area contributed by atoms with E-state index in [9.17, 15) is 4.79 Å². The Bertz CT molecular complexity index is 168. The first kappa shape index (κ1) is 9.63. The van der Waals surface area contributed by atoms with Gasteiger partial charge in [-0.1, -0.05) is 28.1 Å². The fourth-order valence-corrected chi connectivity index (χ4v) is 0.712. The molecule has 0 spiro atoms. The number of carbonyl (C=O) groups excluding carboxylic acids is 1. The van der Waals surface area contributed by atoms with E-state index in [4.69, 9.17) is 0 Å². The largest absolute Gasteiger partial charge is 0.303 e. The summed E-state index contributed by atoms with van der Waals surface area (Å²) in [6, 6.07) is 0. The number of allylic oxidation sites excluding steroid dienone is 4. The summed E-state index contributed by atoms with van der Waals surface area (Å²) >= 11 is 3.35. The molecule has 0 saturated carbocycles. The lowest BCUT2D eigenvalue weighted by Crippen LogP contribution is -1.75.